The Hall–Kier alpha value is 0.740. The van der Waals surface area contributed by atoms with Crippen molar-refractivity contribution in [3.63, 3.8) is 0 Å². The van der Waals surface area contributed by atoms with Crippen LogP contribution in [0.1, 0.15) is 6.92 Å². The van der Waals surface area contributed by atoms with Gasteiger partial charge >= 0.3 is 41.9 Å². The van der Waals surface area contributed by atoms with Crippen molar-refractivity contribution in [1.82, 2.24) is 0 Å². The summed E-state index contributed by atoms with van der Waals surface area (Å²) in [5.74, 6) is 0. The molecule has 0 radical (unpaired) electrons. The van der Waals surface area contributed by atoms with Gasteiger partial charge in [0.15, 0.2) is 0 Å². The SMILES string of the molecule is CCO[SH](C)#P. The van der Waals surface area contributed by atoms with Crippen LogP contribution in [0.2, 0.25) is 0 Å². The molecule has 0 amide bonds. The van der Waals surface area contributed by atoms with Crippen molar-refractivity contribution >= 4 is 18.0 Å². The topological polar surface area (TPSA) is 9.23 Å². The van der Waals surface area contributed by atoms with E-state index in [9.17, 15) is 0 Å². The fraction of sp³-hybridized carbons (Fsp3) is 1.00. The van der Waals surface area contributed by atoms with Gasteiger partial charge in [-0.25, -0.2) is 0 Å². The van der Waals surface area contributed by atoms with Crippen molar-refractivity contribution in [2.45, 2.75) is 6.92 Å². The van der Waals surface area contributed by atoms with Gasteiger partial charge in [0.2, 0.25) is 0 Å². The third kappa shape index (κ3) is 4.74. The van der Waals surface area contributed by atoms with Crippen LogP contribution >= 0.6 is 18.0 Å². The first-order valence-electron chi connectivity index (χ1n) is 1.83. The van der Waals surface area contributed by atoms with E-state index in [1.807, 2.05) is 13.2 Å². The Balaban J connectivity index is 2.91. The molecular weight excluding hydrogens is 115 g/mol. The molecule has 1 unspecified atom stereocenters. The molecule has 6 heavy (non-hydrogen) atoms. The normalized spacial score (nSPS) is 14.2. The van der Waals surface area contributed by atoms with Crippen LogP contribution in [-0.4, -0.2) is 12.9 Å². The first-order chi connectivity index (χ1) is 2.77. The van der Waals surface area contributed by atoms with E-state index in [2.05, 4.69) is 7.81 Å². The average Bonchev–Trinajstić information content (AvgIpc) is 1.35. The van der Waals surface area contributed by atoms with Gasteiger partial charge in [0.25, 0.3) is 0 Å². The molecule has 0 spiro atoms. The van der Waals surface area contributed by atoms with E-state index >= 15 is 0 Å². The molecule has 0 rings (SSSR count). The van der Waals surface area contributed by atoms with E-state index in [1.165, 1.54) is 0 Å². The molecule has 1 nitrogen and oxygen atoms in total. The summed E-state index contributed by atoms with van der Waals surface area (Å²) < 4.78 is 4.97. The molecule has 0 aromatic rings. The van der Waals surface area contributed by atoms with Gasteiger partial charge < -0.3 is 0 Å². The zero-order valence-corrected chi connectivity index (χ0v) is 5.80. The van der Waals surface area contributed by atoms with Crippen LogP contribution < -0.4 is 0 Å². The Morgan fingerprint density at radius 2 is 2.33 bits per heavy atom. The molecule has 0 saturated carbocycles. The van der Waals surface area contributed by atoms with E-state index in [-0.39, 0.29) is 0 Å². The van der Waals surface area contributed by atoms with Crippen molar-refractivity contribution in [2.75, 3.05) is 12.9 Å². The predicted molar refractivity (Wildman–Crippen MR) is 33.5 cm³/mol. The first kappa shape index (κ1) is 6.74. The van der Waals surface area contributed by atoms with Gasteiger partial charge in [-0.15, -0.1) is 0 Å². The summed E-state index contributed by atoms with van der Waals surface area (Å²) >= 11 is 0. The van der Waals surface area contributed by atoms with E-state index in [0.717, 1.165) is 6.61 Å². The van der Waals surface area contributed by atoms with Gasteiger partial charge in [-0.2, -0.15) is 0 Å². The number of rotatable bonds is 1. The van der Waals surface area contributed by atoms with Crippen LogP contribution in [-0.2, 0) is 4.18 Å². The van der Waals surface area contributed by atoms with Crippen LogP contribution in [0.4, 0.5) is 0 Å². The van der Waals surface area contributed by atoms with Crippen molar-refractivity contribution in [1.29, 1.82) is 0 Å². The second-order valence-corrected chi connectivity index (χ2v) is 3.76. The number of hydrogen-bond acceptors (Lipinski definition) is 1. The molecule has 38 valence electrons. The Bertz CT molecular complexity index is 82.5. The van der Waals surface area contributed by atoms with Gasteiger partial charge in [-0.05, 0) is 0 Å². The zero-order valence-electron chi connectivity index (χ0n) is 4.01. The van der Waals surface area contributed by atoms with Crippen molar-refractivity contribution in [3.8, 4) is 0 Å². The molecule has 3 heteroatoms. The molecule has 0 aliphatic carbocycles. The molecule has 0 aromatic carbocycles. The van der Waals surface area contributed by atoms with Gasteiger partial charge in [0.05, 0.1) is 0 Å². The number of thiol groups is 1. The maximum atomic E-state index is 4.97. The van der Waals surface area contributed by atoms with Crippen LogP contribution in [0.25, 0.3) is 0 Å². The van der Waals surface area contributed by atoms with Crippen molar-refractivity contribution < 1.29 is 4.18 Å². The van der Waals surface area contributed by atoms with Crippen molar-refractivity contribution in [3.05, 3.63) is 0 Å². The average molecular weight is 124 g/mol. The fourth-order valence-corrected chi connectivity index (χ4v) is 0.907. The molecule has 0 aliphatic heterocycles. The number of hydrogen-bond donors (Lipinski definition) is 1. The maximum absolute atomic E-state index is 4.97. The summed E-state index contributed by atoms with van der Waals surface area (Å²) in [6.07, 6.45) is 1.96. The summed E-state index contributed by atoms with van der Waals surface area (Å²) in [5.41, 5.74) is 0. The fourth-order valence-electron chi connectivity index (χ4n) is 0.187. The summed E-state index contributed by atoms with van der Waals surface area (Å²) in [5, 5.41) is 0. The Morgan fingerprint density at radius 1 is 1.83 bits per heavy atom. The zero-order chi connectivity index (χ0) is 4.99. The summed E-state index contributed by atoms with van der Waals surface area (Å²) in [6, 6.07) is 0. The van der Waals surface area contributed by atoms with Crippen LogP contribution in [0.15, 0.2) is 0 Å². The van der Waals surface area contributed by atoms with Gasteiger partial charge in [0, 0.05) is 0 Å². The standard InChI is InChI=1S/C3H9OPS/c1-3-4-6(2)5/h6H,3H2,1-2H3. The molecule has 0 aromatic heterocycles. The first-order valence-corrected chi connectivity index (χ1v) is 4.69. The van der Waals surface area contributed by atoms with E-state index in [0.29, 0.717) is 0 Å². The minimum atomic E-state index is -0.406. The summed E-state index contributed by atoms with van der Waals surface area (Å²) in [6.45, 7) is 2.75. The second kappa shape index (κ2) is 3.91. The Kier molecular flexibility index (Phi) is 4.40. The van der Waals surface area contributed by atoms with Crippen LogP contribution in [0.3, 0.4) is 0 Å². The Labute approximate surface area is 42.7 Å². The molecule has 0 bridgehead atoms. The molecule has 0 fully saturated rings. The molecule has 0 saturated heterocycles. The van der Waals surface area contributed by atoms with E-state index in [1.54, 1.807) is 0 Å². The monoisotopic (exact) mass is 124 g/mol. The molecule has 1 atom stereocenters. The molecular formula is C3H9OPS. The second-order valence-electron chi connectivity index (χ2n) is 0.882. The summed E-state index contributed by atoms with van der Waals surface area (Å²) in [7, 11) is 3.61. The molecule has 0 N–H and O–H groups in total. The minimum absolute atomic E-state index is 0.406. The van der Waals surface area contributed by atoms with Crippen LogP contribution in [0.5, 0.6) is 0 Å². The van der Waals surface area contributed by atoms with Gasteiger partial charge in [-0.3, -0.25) is 0 Å². The Morgan fingerprint density at radius 3 is 2.33 bits per heavy atom. The third-order valence-corrected chi connectivity index (χ3v) is 1.29. The quantitative estimate of drug-likeness (QED) is 0.415. The third-order valence-electron chi connectivity index (χ3n) is 0.316. The van der Waals surface area contributed by atoms with E-state index < -0.39 is 10.2 Å². The van der Waals surface area contributed by atoms with Crippen LogP contribution in [0, 0.1) is 0 Å². The van der Waals surface area contributed by atoms with Crippen molar-refractivity contribution in [2.24, 2.45) is 0 Å². The van der Waals surface area contributed by atoms with Gasteiger partial charge in [-0.1, -0.05) is 0 Å². The molecule has 0 heterocycles. The summed E-state index contributed by atoms with van der Waals surface area (Å²) in [4.78, 5) is 0. The predicted octanol–water partition coefficient (Wildman–Crippen LogP) is 1.89. The molecule has 0 aliphatic rings. The van der Waals surface area contributed by atoms with Gasteiger partial charge in [0.1, 0.15) is 0 Å². The van der Waals surface area contributed by atoms with E-state index in [4.69, 9.17) is 4.18 Å².